The number of benzene rings is 1. The molecule has 2 aromatic rings. The molecule has 0 unspecified atom stereocenters. The molecule has 1 aromatic carbocycles. The Kier molecular flexibility index (Phi) is 6.13. The first kappa shape index (κ1) is 17.3. The molecule has 1 heterocycles. The van der Waals surface area contributed by atoms with Crippen LogP contribution in [0.4, 0.5) is 5.69 Å². The summed E-state index contributed by atoms with van der Waals surface area (Å²) in [5.74, 6) is -0.752. The van der Waals surface area contributed by atoms with Crippen molar-refractivity contribution in [3.63, 3.8) is 0 Å². The van der Waals surface area contributed by atoms with Gasteiger partial charge in [-0.25, -0.2) is 0 Å². The highest BCUT2D eigenvalue weighted by Gasteiger charge is 2.10. The van der Waals surface area contributed by atoms with Crippen molar-refractivity contribution in [1.82, 2.24) is 10.6 Å². The molecule has 2 rings (SSSR count). The fourth-order valence-electron chi connectivity index (χ4n) is 1.89. The predicted octanol–water partition coefficient (Wildman–Crippen LogP) is 1.79. The Labute approximate surface area is 139 Å². The minimum absolute atomic E-state index is 0.0736. The second-order valence-corrected chi connectivity index (χ2v) is 5.04. The highest BCUT2D eigenvalue weighted by molar-refractivity contribution is 6.02. The Bertz CT molecular complexity index is 693. The lowest BCUT2D eigenvalue weighted by atomic mass is 10.2. The van der Waals surface area contributed by atoms with Gasteiger partial charge in [-0.05, 0) is 42.8 Å². The van der Waals surface area contributed by atoms with Crippen LogP contribution in [0.1, 0.15) is 34.3 Å². The van der Waals surface area contributed by atoms with Crippen molar-refractivity contribution in [2.24, 2.45) is 0 Å². The summed E-state index contributed by atoms with van der Waals surface area (Å²) < 4.78 is 5.00. The average Bonchev–Trinajstić information content (AvgIpc) is 3.13. The summed E-state index contributed by atoms with van der Waals surface area (Å²) in [5, 5.41) is 7.87. The highest BCUT2D eigenvalue weighted by atomic mass is 16.3. The zero-order valence-electron chi connectivity index (χ0n) is 13.3. The first-order valence-electron chi connectivity index (χ1n) is 7.60. The fraction of sp³-hybridized carbons (Fsp3) is 0.235. The van der Waals surface area contributed by atoms with Crippen LogP contribution in [-0.2, 0) is 4.79 Å². The summed E-state index contributed by atoms with van der Waals surface area (Å²) in [6, 6.07) is 9.52. The maximum absolute atomic E-state index is 11.9. The van der Waals surface area contributed by atoms with E-state index in [1.54, 1.807) is 36.4 Å². The van der Waals surface area contributed by atoms with Crippen LogP contribution in [-0.4, -0.2) is 30.8 Å². The number of rotatable bonds is 7. The Morgan fingerprint density at radius 2 is 1.75 bits per heavy atom. The van der Waals surface area contributed by atoms with E-state index in [1.165, 1.54) is 6.26 Å². The molecule has 0 aliphatic rings. The lowest BCUT2D eigenvalue weighted by molar-refractivity contribution is -0.120. The van der Waals surface area contributed by atoms with E-state index in [9.17, 15) is 14.4 Å². The molecule has 7 nitrogen and oxygen atoms in total. The van der Waals surface area contributed by atoms with E-state index in [2.05, 4.69) is 16.0 Å². The van der Waals surface area contributed by atoms with Crippen LogP contribution in [0.15, 0.2) is 47.1 Å². The quantitative estimate of drug-likeness (QED) is 0.721. The van der Waals surface area contributed by atoms with Crippen LogP contribution in [0.2, 0.25) is 0 Å². The van der Waals surface area contributed by atoms with Crippen molar-refractivity contribution < 1.29 is 18.8 Å². The predicted molar refractivity (Wildman–Crippen MR) is 88.7 cm³/mol. The largest absolute Gasteiger partial charge is 0.459 e. The van der Waals surface area contributed by atoms with Crippen molar-refractivity contribution in [3.8, 4) is 0 Å². The van der Waals surface area contributed by atoms with Crippen LogP contribution in [0.25, 0.3) is 0 Å². The Morgan fingerprint density at radius 1 is 1.00 bits per heavy atom. The summed E-state index contributed by atoms with van der Waals surface area (Å²) in [5.41, 5.74) is 0.933. The number of nitrogens with one attached hydrogen (secondary N) is 3. The molecule has 1 aromatic heterocycles. The van der Waals surface area contributed by atoms with Gasteiger partial charge >= 0.3 is 0 Å². The van der Waals surface area contributed by atoms with E-state index in [0.29, 0.717) is 17.8 Å². The molecule has 24 heavy (non-hydrogen) atoms. The zero-order valence-corrected chi connectivity index (χ0v) is 13.3. The van der Waals surface area contributed by atoms with Crippen LogP contribution < -0.4 is 16.0 Å². The standard InChI is InChI=1S/C17H19N3O4/c1-2-9-18-15(21)11-19-16(22)12-5-7-13(8-6-12)20-17(23)14-4-3-10-24-14/h3-8,10H,2,9,11H2,1H3,(H,18,21)(H,19,22)(H,20,23). The van der Waals surface area contributed by atoms with Crippen molar-refractivity contribution in [2.45, 2.75) is 13.3 Å². The van der Waals surface area contributed by atoms with Gasteiger partial charge in [0, 0.05) is 17.8 Å². The second kappa shape index (κ2) is 8.52. The van der Waals surface area contributed by atoms with E-state index in [0.717, 1.165) is 6.42 Å². The van der Waals surface area contributed by atoms with Gasteiger partial charge in [0.25, 0.3) is 11.8 Å². The molecule has 0 bridgehead atoms. The molecule has 0 atom stereocenters. The molecule has 0 saturated heterocycles. The van der Waals surface area contributed by atoms with Crippen LogP contribution in [0.5, 0.6) is 0 Å². The fourth-order valence-corrected chi connectivity index (χ4v) is 1.89. The lowest BCUT2D eigenvalue weighted by Gasteiger charge is -2.07. The van der Waals surface area contributed by atoms with Crippen molar-refractivity contribution in [3.05, 3.63) is 54.0 Å². The van der Waals surface area contributed by atoms with Gasteiger partial charge in [0.15, 0.2) is 5.76 Å². The summed E-state index contributed by atoms with van der Waals surface area (Å²) in [6.07, 6.45) is 2.25. The zero-order chi connectivity index (χ0) is 17.4. The van der Waals surface area contributed by atoms with Gasteiger partial charge in [-0.2, -0.15) is 0 Å². The number of carbonyl (C=O) groups excluding carboxylic acids is 3. The van der Waals surface area contributed by atoms with E-state index >= 15 is 0 Å². The molecule has 0 saturated carbocycles. The topological polar surface area (TPSA) is 100 Å². The molecule has 3 amide bonds. The van der Waals surface area contributed by atoms with E-state index in [-0.39, 0.29) is 30.0 Å². The van der Waals surface area contributed by atoms with Crippen molar-refractivity contribution in [2.75, 3.05) is 18.4 Å². The minimum Gasteiger partial charge on any atom is -0.459 e. The first-order chi connectivity index (χ1) is 11.6. The summed E-state index contributed by atoms with van der Waals surface area (Å²) in [6.45, 7) is 2.46. The van der Waals surface area contributed by atoms with Crippen molar-refractivity contribution >= 4 is 23.4 Å². The summed E-state index contributed by atoms with van der Waals surface area (Å²) in [7, 11) is 0. The van der Waals surface area contributed by atoms with E-state index < -0.39 is 0 Å². The molecule has 0 spiro atoms. The molecule has 3 N–H and O–H groups in total. The minimum atomic E-state index is -0.371. The third-order valence-corrected chi connectivity index (χ3v) is 3.13. The van der Waals surface area contributed by atoms with Gasteiger partial charge < -0.3 is 20.4 Å². The molecular formula is C17H19N3O4. The number of hydrogen-bond donors (Lipinski definition) is 3. The Balaban J connectivity index is 1.86. The van der Waals surface area contributed by atoms with Gasteiger partial charge in [0.2, 0.25) is 5.91 Å². The van der Waals surface area contributed by atoms with Crippen LogP contribution in [0, 0.1) is 0 Å². The maximum atomic E-state index is 11.9. The molecule has 7 heteroatoms. The van der Waals surface area contributed by atoms with E-state index in [1.807, 2.05) is 6.92 Å². The average molecular weight is 329 g/mol. The van der Waals surface area contributed by atoms with Gasteiger partial charge in [-0.3, -0.25) is 14.4 Å². The molecule has 0 aliphatic carbocycles. The number of carbonyl (C=O) groups is 3. The third-order valence-electron chi connectivity index (χ3n) is 3.13. The summed E-state index contributed by atoms with van der Waals surface area (Å²) in [4.78, 5) is 35.2. The van der Waals surface area contributed by atoms with E-state index in [4.69, 9.17) is 4.42 Å². The maximum Gasteiger partial charge on any atom is 0.291 e. The Hall–Kier alpha value is -3.09. The smallest absolute Gasteiger partial charge is 0.291 e. The molecule has 126 valence electrons. The molecular weight excluding hydrogens is 310 g/mol. The normalized spacial score (nSPS) is 10.0. The molecule has 0 aliphatic heterocycles. The van der Waals surface area contributed by atoms with Gasteiger partial charge in [0.05, 0.1) is 12.8 Å². The number of amides is 3. The monoisotopic (exact) mass is 329 g/mol. The van der Waals surface area contributed by atoms with Gasteiger partial charge in [-0.1, -0.05) is 6.92 Å². The van der Waals surface area contributed by atoms with Crippen molar-refractivity contribution in [1.29, 1.82) is 0 Å². The molecule has 0 fully saturated rings. The first-order valence-corrected chi connectivity index (χ1v) is 7.60. The number of anilines is 1. The van der Waals surface area contributed by atoms with Gasteiger partial charge in [-0.15, -0.1) is 0 Å². The second-order valence-electron chi connectivity index (χ2n) is 5.04. The Morgan fingerprint density at radius 3 is 2.38 bits per heavy atom. The lowest BCUT2D eigenvalue weighted by Crippen LogP contribution is -2.37. The third kappa shape index (κ3) is 4.98. The van der Waals surface area contributed by atoms with Gasteiger partial charge in [0.1, 0.15) is 0 Å². The number of hydrogen-bond acceptors (Lipinski definition) is 4. The number of furan rings is 1. The van der Waals surface area contributed by atoms with Crippen LogP contribution >= 0.6 is 0 Å². The van der Waals surface area contributed by atoms with Crippen LogP contribution in [0.3, 0.4) is 0 Å². The SMILES string of the molecule is CCCNC(=O)CNC(=O)c1ccc(NC(=O)c2ccco2)cc1. The summed E-state index contributed by atoms with van der Waals surface area (Å²) >= 11 is 0. The molecule has 0 radical (unpaired) electrons. The highest BCUT2D eigenvalue weighted by Crippen LogP contribution is 2.11.